The van der Waals surface area contributed by atoms with Crippen molar-refractivity contribution in [2.75, 3.05) is 18.0 Å². The second kappa shape index (κ2) is 8.59. The number of Topliss-reactive ketones (excluding diaryl/α,β-unsaturated/α-hetero) is 1. The lowest BCUT2D eigenvalue weighted by atomic mass is 9.88. The lowest BCUT2D eigenvalue weighted by Gasteiger charge is -2.33. The maximum Gasteiger partial charge on any atom is 0.292 e. The number of aromatic nitrogens is 2. The molecule has 0 N–H and O–H groups in total. The molecule has 0 unspecified atom stereocenters. The van der Waals surface area contributed by atoms with Gasteiger partial charge in [-0.3, -0.25) is 9.59 Å². The first-order valence-electron chi connectivity index (χ1n) is 9.94. The van der Waals surface area contributed by atoms with Crippen LogP contribution in [0.1, 0.15) is 28.8 Å². The summed E-state index contributed by atoms with van der Waals surface area (Å²) in [6, 6.07) is 10.4. The summed E-state index contributed by atoms with van der Waals surface area (Å²) in [5, 5.41) is 3.94. The van der Waals surface area contributed by atoms with Crippen LogP contribution in [0.2, 0.25) is 5.02 Å². The molecule has 5 nitrogen and oxygen atoms in total. The largest absolute Gasteiger partial charge is 0.369 e. The third kappa shape index (κ3) is 4.23. The Bertz CT molecular complexity index is 1190. The van der Waals surface area contributed by atoms with Crippen LogP contribution in [0.3, 0.4) is 0 Å². The summed E-state index contributed by atoms with van der Waals surface area (Å²) in [7, 11) is 0. The van der Waals surface area contributed by atoms with Crippen LogP contribution in [0.25, 0.3) is 5.69 Å². The van der Waals surface area contributed by atoms with Gasteiger partial charge in [-0.15, -0.1) is 0 Å². The fourth-order valence-electron chi connectivity index (χ4n) is 3.81. The first kappa shape index (κ1) is 21.2. The molecule has 1 aromatic heterocycles. The van der Waals surface area contributed by atoms with Gasteiger partial charge in [-0.25, -0.2) is 8.78 Å². The van der Waals surface area contributed by atoms with Gasteiger partial charge in [0.1, 0.15) is 16.5 Å². The monoisotopic (exact) mass is 443 g/mol. The minimum atomic E-state index is -0.908. The lowest BCUT2D eigenvalue weighted by Crippen LogP contribution is -2.38. The lowest BCUT2D eigenvalue weighted by molar-refractivity contribution is 0.0900. The van der Waals surface area contributed by atoms with E-state index < -0.39 is 17.2 Å². The maximum atomic E-state index is 14.1. The molecule has 4 rings (SSSR count). The minimum Gasteiger partial charge on any atom is -0.369 e. The number of carbonyl (C=O) groups excluding carboxylic acids is 1. The average Bonchev–Trinajstić information content (AvgIpc) is 2.76. The number of hydrogen-bond donors (Lipinski definition) is 0. The Kier molecular flexibility index (Phi) is 5.87. The van der Waals surface area contributed by atoms with E-state index in [0.717, 1.165) is 22.4 Å². The van der Waals surface area contributed by atoms with Gasteiger partial charge < -0.3 is 4.90 Å². The van der Waals surface area contributed by atoms with Crippen molar-refractivity contribution in [3.8, 4) is 5.69 Å². The molecule has 8 heteroatoms. The highest BCUT2D eigenvalue weighted by atomic mass is 35.5. The third-order valence-electron chi connectivity index (χ3n) is 5.58. The third-order valence-corrected chi connectivity index (χ3v) is 5.94. The maximum absolute atomic E-state index is 14.1. The molecule has 0 radical (unpaired) electrons. The van der Waals surface area contributed by atoms with Crippen LogP contribution in [-0.2, 0) is 0 Å². The fourth-order valence-corrected chi connectivity index (χ4v) is 4.05. The van der Waals surface area contributed by atoms with E-state index in [-0.39, 0.29) is 22.4 Å². The Morgan fingerprint density at radius 3 is 2.39 bits per heavy atom. The molecule has 0 aliphatic carbocycles. The Morgan fingerprint density at radius 2 is 1.74 bits per heavy atom. The van der Waals surface area contributed by atoms with Crippen LogP contribution in [0.4, 0.5) is 14.5 Å². The topological polar surface area (TPSA) is 55.2 Å². The molecule has 1 fully saturated rings. The number of rotatable bonds is 4. The van der Waals surface area contributed by atoms with Crippen molar-refractivity contribution in [1.82, 2.24) is 9.78 Å². The van der Waals surface area contributed by atoms with Crippen molar-refractivity contribution in [3.05, 3.63) is 86.8 Å². The number of halogens is 3. The van der Waals surface area contributed by atoms with Gasteiger partial charge in [-0.05, 0) is 31.9 Å². The number of piperidine rings is 1. The SMILES string of the molecule is Cc1ccc(C(=O)C2CCN(c3cnn(-c4ccc(F)cc4F)c(=O)c3Cl)CC2)cc1. The van der Waals surface area contributed by atoms with Crippen molar-refractivity contribution >= 4 is 23.1 Å². The van der Waals surface area contributed by atoms with Gasteiger partial charge in [0.25, 0.3) is 5.56 Å². The van der Waals surface area contributed by atoms with Gasteiger partial charge in [0.2, 0.25) is 0 Å². The van der Waals surface area contributed by atoms with E-state index >= 15 is 0 Å². The van der Waals surface area contributed by atoms with E-state index in [1.807, 2.05) is 36.1 Å². The molecule has 0 amide bonds. The molecule has 0 spiro atoms. The van der Waals surface area contributed by atoms with E-state index in [4.69, 9.17) is 11.6 Å². The summed E-state index contributed by atoms with van der Waals surface area (Å²) in [4.78, 5) is 27.3. The molecule has 0 bridgehead atoms. The van der Waals surface area contributed by atoms with Crippen LogP contribution in [-0.4, -0.2) is 28.7 Å². The van der Waals surface area contributed by atoms with Crippen molar-refractivity contribution in [3.63, 3.8) is 0 Å². The van der Waals surface area contributed by atoms with Crippen LogP contribution in [0.15, 0.2) is 53.5 Å². The highest BCUT2D eigenvalue weighted by Gasteiger charge is 2.28. The fraction of sp³-hybridized carbons (Fsp3) is 0.261. The summed E-state index contributed by atoms with van der Waals surface area (Å²) in [5.74, 6) is -1.64. The van der Waals surface area contributed by atoms with E-state index in [1.54, 1.807) is 0 Å². The summed E-state index contributed by atoms with van der Waals surface area (Å²) in [6.07, 6.45) is 2.64. The second-order valence-corrected chi connectivity index (χ2v) is 8.03. The Balaban J connectivity index is 1.51. The number of carbonyl (C=O) groups is 1. The van der Waals surface area contributed by atoms with Crippen molar-refractivity contribution in [1.29, 1.82) is 0 Å². The molecule has 31 heavy (non-hydrogen) atoms. The van der Waals surface area contributed by atoms with Crippen LogP contribution in [0.5, 0.6) is 0 Å². The highest BCUT2D eigenvalue weighted by Crippen LogP contribution is 2.29. The predicted molar refractivity (Wildman–Crippen MR) is 115 cm³/mol. The molecule has 2 aromatic carbocycles. The number of nitrogens with zero attached hydrogens (tertiary/aromatic N) is 3. The second-order valence-electron chi connectivity index (χ2n) is 7.65. The molecule has 3 aromatic rings. The summed E-state index contributed by atoms with van der Waals surface area (Å²) in [5.41, 5.74) is 1.37. The number of ketones is 1. The quantitative estimate of drug-likeness (QED) is 0.554. The van der Waals surface area contributed by atoms with Crippen LogP contribution in [0, 0.1) is 24.5 Å². The smallest absolute Gasteiger partial charge is 0.292 e. The predicted octanol–water partition coefficient (Wildman–Crippen LogP) is 4.57. The molecule has 0 saturated carbocycles. The van der Waals surface area contributed by atoms with Gasteiger partial charge in [-0.2, -0.15) is 9.78 Å². The zero-order valence-corrected chi connectivity index (χ0v) is 17.6. The standard InChI is InChI=1S/C23H20ClF2N3O2/c1-14-2-4-15(5-3-14)22(30)16-8-10-28(11-9-16)20-13-27-29(23(31)21(20)24)19-7-6-17(25)12-18(19)26/h2-7,12-13,16H,8-11H2,1H3. The van der Waals surface area contributed by atoms with Gasteiger partial charge in [-0.1, -0.05) is 41.4 Å². The Hall–Kier alpha value is -3.06. The summed E-state index contributed by atoms with van der Waals surface area (Å²) < 4.78 is 28.0. The number of hydrogen-bond acceptors (Lipinski definition) is 4. The van der Waals surface area contributed by atoms with E-state index in [9.17, 15) is 18.4 Å². The number of anilines is 1. The molecule has 1 aliphatic heterocycles. The Labute approximate surface area is 182 Å². The van der Waals surface area contributed by atoms with Crippen molar-refractivity contribution < 1.29 is 13.6 Å². The van der Waals surface area contributed by atoms with Gasteiger partial charge in [0.05, 0.1) is 11.9 Å². The first-order chi connectivity index (χ1) is 14.8. The van der Waals surface area contributed by atoms with E-state index in [1.165, 1.54) is 6.20 Å². The van der Waals surface area contributed by atoms with Crippen molar-refractivity contribution in [2.24, 2.45) is 5.92 Å². The molecular weight excluding hydrogens is 424 g/mol. The Morgan fingerprint density at radius 1 is 1.06 bits per heavy atom. The van der Waals surface area contributed by atoms with Crippen LogP contribution < -0.4 is 10.5 Å². The van der Waals surface area contributed by atoms with Gasteiger partial charge in [0, 0.05) is 30.6 Å². The zero-order chi connectivity index (χ0) is 22.1. The molecule has 0 atom stereocenters. The van der Waals surface area contributed by atoms with Gasteiger partial charge in [0.15, 0.2) is 11.6 Å². The van der Waals surface area contributed by atoms with Crippen molar-refractivity contribution in [2.45, 2.75) is 19.8 Å². The molecule has 1 aliphatic rings. The average molecular weight is 444 g/mol. The first-order valence-corrected chi connectivity index (χ1v) is 10.3. The summed E-state index contributed by atoms with van der Waals surface area (Å²) >= 11 is 6.30. The molecule has 1 saturated heterocycles. The molecule has 160 valence electrons. The minimum absolute atomic E-state index is 0.0953. The van der Waals surface area contributed by atoms with Crippen LogP contribution >= 0.6 is 11.6 Å². The van der Waals surface area contributed by atoms with E-state index in [0.29, 0.717) is 43.2 Å². The normalized spacial score (nSPS) is 14.6. The highest BCUT2D eigenvalue weighted by molar-refractivity contribution is 6.33. The zero-order valence-electron chi connectivity index (χ0n) is 16.8. The van der Waals surface area contributed by atoms with Gasteiger partial charge >= 0.3 is 0 Å². The molecular formula is C23H20ClF2N3O2. The summed E-state index contributed by atoms with van der Waals surface area (Å²) in [6.45, 7) is 3.05. The molecule has 2 heterocycles. The number of aryl methyl sites for hydroxylation is 1. The number of benzene rings is 2. The van der Waals surface area contributed by atoms with E-state index in [2.05, 4.69) is 5.10 Å².